The van der Waals surface area contributed by atoms with Gasteiger partial charge in [0.15, 0.2) is 0 Å². The first-order valence-electron chi connectivity index (χ1n) is 8.09. The van der Waals surface area contributed by atoms with Crippen molar-refractivity contribution < 1.29 is 9.59 Å². The number of aryl methyl sites for hydroxylation is 1. The van der Waals surface area contributed by atoms with Crippen molar-refractivity contribution in [2.45, 2.75) is 39.7 Å². The SMILES string of the molecule is CCCCN(C)C(=O)C1CC(=O)N(Cc2ccc(C)cc2)C1. The first-order chi connectivity index (χ1) is 10.5. The van der Waals surface area contributed by atoms with Crippen molar-refractivity contribution in [3.05, 3.63) is 35.4 Å². The molecule has 0 N–H and O–H groups in total. The van der Waals surface area contributed by atoms with Crippen LogP contribution < -0.4 is 0 Å². The third-order valence-corrected chi connectivity index (χ3v) is 4.28. The maximum absolute atomic E-state index is 12.4. The predicted molar refractivity (Wildman–Crippen MR) is 87.2 cm³/mol. The second-order valence-corrected chi connectivity index (χ2v) is 6.27. The molecule has 1 fully saturated rings. The number of likely N-dealkylation sites (tertiary alicyclic amines) is 1. The molecule has 0 bridgehead atoms. The third-order valence-electron chi connectivity index (χ3n) is 4.28. The number of benzene rings is 1. The van der Waals surface area contributed by atoms with Gasteiger partial charge in [0.05, 0.1) is 5.92 Å². The molecule has 1 aliphatic rings. The minimum Gasteiger partial charge on any atom is -0.345 e. The van der Waals surface area contributed by atoms with Gasteiger partial charge in [0, 0.05) is 33.1 Å². The van der Waals surface area contributed by atoms with E-state index in [1.807, 2.05) is 26.1 Å². The van der Waals surface area contributed by atoms with Gasteiger partial charge in [-0.2, -0.15) is 0 Å². The van der Waals surface area contributed by atoms with Gasteiger partial charge in [-0.05, 0) is 18.9 Å². The molecule has 1 saturated heterocycles. The zero-order chi connectivity index (χ0) is 16.1. The van der Waals surface area contributed by atoms with Crippen LogP contribution in [0.25, 0.3) is 0 Å². The van der Waals surface area contributed by atoms with Crippen LogP contribution in [0.4, 0.5) is 0 Å². The highest BCUT2D eigenvalue weighted by Crippen LogP contribution is 2.22. The molecule has 4 heteroatoms. The highest BCUT2D eigenvalue weighted by molar-refractivity contribution is 5.89. The van der Waals surface area contributed by atoms with Gasteiger partial charge in [0.25, 0.3) is 0 Å². The number of carbonyl (C=O) groups excluding carboxylic acids is 2. The summed E-state index contributed by atoms with van der Waals surface area (Å²) in [5.41, 5.74) is 2.33. The van der Waals surface area contributed by atoms with Crippen molar-refractivity contribution >= 4 is 11.8 Å². The Bertz CT molecular complexity index is 524. The highest BCUT2D eigenvalue weighted by Gasteiger charge is 2.35. The van der Waals surface area contributed by atoms with Crippen molar-refractivity contribution in [3.8, 4) is 0 Å². The largest absolute Gasteiger partial charge is 0.345 e. The van der Waals surface area contributed by atoms with Gasteiger partial charge in [-0.15, -0.1) is 0 Å². The first kappa shape index (κ1) is 16.5. The van der Waals surface area contributed by atoms with Gasteiger partial charge >= 0.3 is 0 Å². The van der Waals surface area contributed by atoms with Gasteiger partial charge in [-0.25, -0.2) is 0 Å². The highest BCUT2D eigenvalue weighted by atomic mass is 16.2. The van der Waals surface area contributed by atoms with E-state index in [1.54, 1.807) is 9.80 Å². The Morgan fingerprint density at radius 2 is 2.00 bits per heavy atom. The molecule has 1 heterocycles. The molecule has 2 rings (SSSR count). The molecule has 2 amide bonds. The summed E-state index contributed by atoms with van der Waals surface area (Å²) in [6, 6.07) is 8.20. The molecule has 0 saturated carbocycles. The molecule has 1 aliphatic heterocycles. The summed E-state index contributed by atoms with van der Waals surface area (Å²) in [7, 11) is 1.84. The van der Waals surface area contributed by atoms with Crippen molar-refractivity contribution in [1.82, 2.24) is 9.80 Å². The van der Waals surface area contributed by atoms with Crippen LogP contribution in [-0.2, 0) is 16.1 Å². The van der Waals surface area contributed by atoms with Gasteiger partial charge in [0.1, 0.15) is 0 Å². The number of carbonyl (C=O) groups is 2. The molecule has 1 atom stereocenters. The topological polar surface area (TPSA) is 40.6 Å². The Balaban J connectivity index is 1.92. The fraction of sp³-hybridized carbons (Fsp3) is 0.556. The van der Waals surface area contributed by atoms with Crippen LogP contribution in [0, 0.1) is 12.8 Å². The van der Waals surface area contributed by atoms with Crippen LogP contribution >= 0.6 is 0 Å². The summed E-state index contributed by atoms with van der Waals surface area (Å²) in [6.45, 7) is 6.08. The Kier molecular flexibility index (Phi) is 5.58. The van der Waals surface area contributed by atoms with Crippen molar-refractivity contribution in [2.75, 3.05) is 20.1 Å². The molecule has 120 valence electrons. The Morgan fingerprint density at radius 1 is 1.32 bits per heavy atom. The number of unbranched alkanes of at least 4 members (excludes halogenated alkanes) is 1. The predicted octanol–water partition coefficient (Wildman–Crippen LogP) is 2.60. The maximum atomic E-state index is 12.4. The van der Waals surface area contributed by atoms with Crippen LogP contribution in [0.15, 0.2) is 24.3 Å². The standard InChI is InChI=1S/C18H26N2O2/c1-4-5-10-19(3)18(22)16-11-17(21)20(13-16)12-15-8-6-14(2)7-9-15/h6-9,16H,4-5,10-13H2,1-3H3. The zero-order valence-electron chi connectivity index (χ0n) is 13.8. The fourth-order valence-electron chi connectivity index (χ4n) is 2.82. The molecular formula is C18H26N2O2. The molecule has 1 aromatic carbocycles. The monoisotopic (exact) mass is 302 g/mol. The van der Waals surface area contributed by atoms with E-state index in [9.17, 15) is 9.59 Å². The zero-order valence-corrected chi connectivity index (χ0v) is 13.8. The van der Waals surface area contributed by atoms with E-state index in [-0.39, 0.29) is 17.7 Å². The summed E-state index contributed by atoms with van der Waals surface area (Å²) in [5, 5.41) is 0. The van der Waals surface area contributed by atoms with Gasteiger partial charge < -0.3 is 9.80 Å². The molecule has 1 aromatic rings. The lowest BCUT2D eigenvalue weighted by Crippen LogP contribution is -2.35. The normalized spacial score (nSPS) is 17.9. The summed E-state index contributed by atoms with van der Waals surface area (Å²) in [4.78, 5) is 28.1. The van der Waals surface area contributed by atoms with E-state index in [1.165, 1.54) is 5.56 Å². The van der Waals surface area contributed by atoms with Gasteiger partial charge in [-0.3, -0.25) is 9.59 Å². The molecule has 0 aliphatic carbocycles. The van der Waals surface area contributed by atoms with E-state index < -0.39 is 0 Å². The second-order valence-electron chi connectivity index (χ2n) is 6.27. The molecule has 4 nitrogen and oxygen atoms in total. The van der Waals surface area contributed by atoms with E-state index in [0.29, 0.717) is 19.5 Å². The minimum absolute atomic E-state index is 0.0859. The molecule has 0 aromatic heterocycles. The molecular weight excluding hydrogens is 276 g/mol. The average molecular weight is 302 g/mol. The van der Waals surface area contributed by atoms with Crippen LogP contribution in [0.3, 0.4) is 0 Å². The van der Waals surface area contributed by atoms with Crippen molar-refractivity contribution in [3.63, 3.8) is 0 Å². The molecule has 22 heavy (non-hydrogen) atoms. The van der Waals surface area contributed by atoms with Crippen molar-refractivity contribution in [1.29, 1.82) is 0 Å². The van der Waals surface area contributed by atoms with E-state index in [2.05, 4.69) is 19.1 Å². The van der Waals surface area contributed by atoms with Crippen LogP contribution in [0.5, 0.6) is 0 Å². The average Bonchev–Trinajstić information content (AvgIpc) is 2.87. The van der Waals surface area contributed by atoms with Crippen LogP contribution in [0.2, 0.25) is 0 Å². The third kappa shape index (κ3) is 4.09. The Morgan fingerprint density at radius 3 is 2.64 bits per heavy atom. The smallest absolute Gasteiger partial charge is 0.227 e. The summed E-state index contributed by atoms with van der Waals surface area (Å²) < 4.78 is 0. The second kappa shape index (κ2) is 7.43. The Labute approximate surface area is 133 Å². The lowest BCUT2D eigenvalue weighted by atomic mass is 10.1. The fourth-order valence-corrected chi connectivity index (χ4v) is 2.82. The van der Waals surface area contributed by atoms with E-state index >= 15 is 0 Å². The number of nitrogens with zero attached hydrogens (tertiary/aromatic N) is 2. The summed E-state index contributed by atoms with van der Waals surface area (Å²) in [6.07, 6.45) is 2.43. The number of hydrogen-bond donors (Lipinski definition) is 0. The van der Waals surface area contributed by atoms with E-state index in [4.69, 9.17) is 0 Å². The number of rotatable bonds is 6. The van der Waals surface area contributed by atoms with Gasteiger partial charge in [0.2, 0.25) is 11.8 Å². The number of hydrogen-bond acceptors (Lipinski definition) is 2. The van der Waals surface area contributed by atoms with Crippen molar-refractivity contribution in [2.24, 2.45) is 5.92 Å². The van der Waals surface area contributed by atoms with E-state index in [0.717, 1.165) is 24.9 Å². The first-order valence-corrected chi connectivity index (χ1v) is 8.09. The lowest BCUT2D eigenvalue weighted by Gasteiger charge is -2.21. The van der Waals surface area contributed by atoms with Crippen LogP contribution in [0.1, 0.15) is 37.3 Å². The molecule has 0 spiro atoms. The number of amides is 2. The quantitative estimate of drug-likeness (QED) is 0.810. The lowest BCUT2D eigenvalue weighted by molar-refractivity contribution is -0.134. The molecule has 1 unspecified atom stereocenters. The summed E-state index contributed by atoms with van der Waals surface area (Å²) in [5.74, 6) is 0.0100. The maximum Gasteiger partial charge on any atom is 0.227 e. The summed E-state index contributed by atoms with van der Waals surface area (Å²) >= 11 is 0. The van der Waals surface area contributed by atoms with Gasteiger partial charge in [-0.1, -0.05) is 43.2 Å². The minimum atomic E-state index is -0.181. The molecule has 0 radical (unpaired) electrons. The van der Waals surface area contributed by atoms with Crippen LogP contribution in [-0.4, -0.2) is 41.8 Å². The Hall–Kier alpha value is -1.84.